The Labute approximate surface area is 176 Å². The molecule has 3 N–H and O–H groups in total. The van der Waals surface area contributed by atoms with E-state index < -0.39 is 0 Å². The lowest BCUT2D eigenvalue weighted by atomic mass is 10.1. The van der Waals surface area contributed by atoms with Crippen molar-refractivity contribution in [1.82, 2.24) is 15.6 Å². The number of amides is 2. The Kier molecular flexibility index (Phi) is 6.72. The molecule has 0 saturated heterocycles. The normalized spacial score (nSPS) is 11.8. The molecular formula is C23H29N3O4. The van der Waals surface area contributed by atoms with E-state index in [4.69, 9.17) is 14.2 Å². The highest BCUT2D eigenvalue weighted by molar-refractivity contribution is 5.86. The maximum absolute atomic E-state index is 12.4. The Morgan fingerprint density at radius 1 is 1.10 bits per heavy atom. The van der Waals surface area contributed by atoms with Crippen molar-refractivity contribution in [3.8, 4) is 17.2 Å². The van der Waals surface area contributed by atoms with Gasteiger partial charge in [-0.05, 0) is 55.2 Å². The second-order valence-corrected chi connectivity index (χ2v) is 7.14. The number of benzene rings is 2. The molecule has 7 heteroatoms. The summed E-state index contributed by atoms with van der Waals surface area (Å²) in [5.74, 6) is 1.63. The highest BCUT2D eigenvalue weighted by Gasteiger charge is 2.17. The third kappa shape index (κ3) is 4.45. The number of aryl methyl sites for hydroxylation is 1. The summed E-state index contributed by atoms with van der Waals surface area (Å²) in [4.78, 5) is 15.7. The smallest absolute Gasteiger partial charge is 0.315 e. The first-order valence-electron chi connectivity index (χ1n) is 9.88. The third-order valence-corrected chi connectivity index (χ3v) is 5.21. The van der Waals surface area contributed by atoms with Crippen LogP contribution in [0.15, 0.2) is 36.5 Å². The van der Waals surface area contributed by atoms with Crippen LogP contribution in [0.5, 0.6) is 17.2 Å². The zero-order valence-electron chi connectivity index (χ0n) is 18.1. The van der Waals surface area contributed by atoms with Gasteiger partial charge < -0.3 is 29.8 Å². The largest absolute Gasteiger partial charge is 0.493 e. The summed E-state index contributed by atoms with van der Waals surface area (Å²) in [6.07, 6.45) is 2.76. The predicted octanol–water partition coefficient (Wildman–Crippen LogP) is 4.11. The molecule has 1 heterocycles. The molecule has 0 aliphatic heterocycles. The van der Waals surface area contributed by atoms with Crippen molar-refractivity contribution in [2.75, 3.05) is 27.9 Å². The zero-order chi connectivity index (χ0) is 21.7. The first-order valence-corrected chi connectivity index (χ1v) is 9.88. The molecule has 0 aliphatic rings. The van der Waals surface area contributed by atoms with Gasteiger partial charge in [0.15, 0.2) is 11.5 Å². The molecule has 0 bridgehead atoms. The van der Waals surface area contributed by atoms with Crippen LogP contribution < -0.4 is 24.8 Å². The SMILES string of the molecule is COc1cc(C(C)NC(=O)NCCc2c[nH]c3cccc(C)c23)cc(OC)c1OC. The number of rotatable bonds is 8. The number of hydrogen-bond donors (Lipinski definition) is 3. The second kappa shape index (κ2) is 9.43. The molecule has 0 saturated carbocycles. The number of aromatic nitrogens is 1. The lowest BCUT2D eigenvalue weighted by molar-refractivity contribution is 0.238. The fraction of sp³-hybridized carbons (Fsp3) is 0.348. The Balaban J connectivity index is 1.61. The van der Waals surface area contributed by atoms with Gasteiger partial charge in [-0.3, -0.25) is 0 Å². The summed E-state index contributed by atoms with van der Waals surface area (Å²) in [6, 6.07) is 9.39. The summed E-state index contributed by atoms with van der Waals surface area (Å²) < 4.78 is 16.1. The van der Waals surface area contributed by atoms with Gasteiger partial charge >= 0.3 is 6.03 Å². The number of methoxy groups -OCH3 is 3. The maximum atomic E-state index is 12.4. The Bertz CT molecular complexity index is 1000. The molecule has 160 valence electrons. The van der Waals surface area contributed by atoms with Gasteiger partial charge in [-0.1, -0.05) is 12.1 Å². The minimum absolute atomic E-state index is 0.229. The van der Waals surface area contributed by atoms with E-state index in [9.17, 15) is 4.79 Å². The van der Waals surface area contributed by atoms with Gasteiger partial charge in [-0.25, -0.2) is 4.79 Å². The summed E-state index contributed by atoms with van der Waals surface area (Å²) in [7, 11) is 4.70. The molecule has 1 atom stereocenters. The van der Waals surface area contributed by atoms with Crippen LogP contribution in [0.3, 0.4) is 0 Å². The number of carbonyl (C=O) groups excluding carboxylic acids is 1. The molecule has 0 aliphatic carbocycles. The van der Waals surface area contributed by atoms with Gasteiger partial charge in [0.25, 0.3) is 0 Å². The quantitative estimate of drug-likeness (QED) is 0.521. The van der Waals surface area contributed by atoms with Gasteiger partial charge in [0.2, 0.25) is 5.75 Å². The molecule has 1 unspecified atom stereocenters. The average molecular weight is 412 g/mol. The Morgan fingerprint density at radius 3 is 2.43 bits per heavy atom. The molecule has 3 aromatic rings. The molecule has 1 aromatic heterocycles. The van der Waals surface area contributed by atoms with E-state index in [-0.39, 0.29) is 12.1 Å². The zero-order valence-corrected chi connectivity index (χ0v) is 18.1. The Hall–Kier alpha value is -3.35. The molecular weight excluding hydrogens is 382 g/mol. The number of fused-ring (bicyclic) bond motifs is 1. The molecule has 0 fully saturated rings. The lowest BCUT2D eigenvalue weighted by Crippen LogP contribution is -2.38. The number of carbonyl (C=O) groups is 1. The van der Waals surface area contributed by atoms with Crippen molar-refractivity contribution in [3.05, 3.63) is 53.2 Å². The van der Waals surface area contributed by atoms with Crippen LogP contribution in [0, 0.1) is 6.92 Å². The van der Waals surface area contributed by atoms with E-state index in [1.54, 1.807) is 21.3 Å². The van der Waals surface area contributed by atoms with Crippen LogP contribution in [0.4, 0.5) is 4.79 Å². The molecule has 3 rings (SSSR count). The van der Waals surface area contributed by atoms with Crippen molar-refractivity contribution >= 4 is 16.9 Å². The third-order valence-electron chi connectivity index (χ3n) is 5.21. The molecule has 0 spiro atoms. The standard InChI is InChI=1S/C23H29N3O4/c1-14-7-6-8-18-21(14)16(13-25-18)9-10-24-23(27)26-15(2)17-11-19(28-3)22(30-5)20(12-17)29-4/h6-8,11-13,15,25H,9-10H2,1-5H3,(H2,24,26,27). The van der Waals surface area contributed by atoms with Crippen molar-refractivity contribution in [2.45, 2.75) is 26.3 Å². The lowest BCUT2D eigenvalue weighted by Gasteiger charge is -2.19. The summed E-state index contributed by atoms with van der Waals surface area (Å²) in [6.45, 7) is 4.54. The topological polar surface area (TPSA) is 84.6 Å². The Morgan fingerprint density at radius 2 is 1.80 bits per heavy atom. The maximum Gasteiger partial charge on any atom is 0.315 e. The number of nitrogens with one attached hydrogen (secondary N) is 3. The van der Waals surface area contributed by atoms with Gasteiger partial charge in [0, 0.05) is 23.6 Å². The van der Waals surface area contributed by atoms with Crippen LogP contribution in [0.2, 0.25) is 0 Å². The fourth-order valence-corrected chi connectivity index (χ4v) is 3.64. The van der Waals surface area contributed by atoms with E-state index in [0.717, 1.165) is 17.5 Å². The van der Waals surface area contributed by atoms with E-state index >= 15 is 0 Å². The minimum Gasteiger partial charge on any atom is -0.493 e. The summed E-state index contributed by atoms with van der Waals surface area (Å²) >= 11 is 0. The van der Waals surface area contributed by atoms with Gasteiger partial charge in [0.1, 0.15) is 0 Å². The van der Waals surface area contributed by atoms with Gasteiger partial charge in [-0.2, -0.15) is 0 Å². The highest BCUT2D eigenvalue weighted by Crippen LogP contribution is 2.39. The molecule has 30 heavy (non-hydrogen) atoms. The van der Waals surface area contributed by atoms with Gasteiger partial charge in [-0.15, -0.1) is 0 Å². The molecule has 2 amide bonds. The molecule has 0 radical (unpaired) electrons. The number of hydrogen-bond acceptors (Lipinski definition) is 4. The number of H-pyrrole nitrogens is 1. The first kappa shape index (κ1) is 21.4. The van der Waals surface area contributed by atoms with E-state index in [1.165, 1.54) is 16.5 Å². The number of ether oxygens (including phenoxy) is 3. The molecule has 7 nitrogen and oxygen atoms in total. The average Bonchev–Trinajstić information content (AvgIpc) is 3.16. The summed E-state index contributed by atoms with van der Waals surface area (Å²) in [5, 5.41) is 7.12. The van der Waals surface area contributed by atoms with Crippen LogP contribution in [0.25, 0.3) is 10.9 Å². The van der Waals surface area contributed by atoms with Crippen molar-refractivity contribution in [1.29, 1.82) is 0 Å². The van der Waals surface area contributed by atoms with Crippen molar-refractivity contribution in [2.24, 2.45) is 0 Å². The minimum atomic E-state index is -0.242. The number of aromatic amines is 1. The van der Waals surface area contributed by atoms with E-state index in [2.05, 4.69) is 34.7 Å². The van der Waals surface area contributed by atoms with E-state index in [1.807, 2.05) is 31.3 Å². The van der Waals surface area contributed by atoms with Gasteiger partial charge in [0.05, 0.1) is 27.4 Å². The van der Waals surface area contributed by atoms with Crippen molar-refractivity contribution < 1.29 is 19.0 Å². The predicted molar refractivity (Wildman–Crippen MR) is 118 cm³/mol. The van der Waals surface area contributed by atoms with Crippen molar-refractivity contribution in [3.63, 3.8) is 0 Å². The monoisotopic (exact) mass is 411 g/mol. The summed E-state index contributed by atoms with van der Waals surface area (Å²) in [5.41, 5.74) is 4.39. The number of urea groups is 1. The van der Waals surface area contributed by atoms with Crippen LogP contribution in [-0.2, 0) is 6.42 Å². The highest BCUT2D eigenvalue weighted by atomic mass is 16.5. The van der Waals surface area contributed by atoms with Crippen LogP contribution >= 0.6 is 0 Å². The van der Waals surface area contributed by atoms with Crippen LogP contribution in [-0.4, -0.2) is 38.9 Å². The first-order chi connectivity index (χ1) is 14.5. The fourth-order valence-electron chi connectivity index (χ4n) is 3.64. The molecule has 2 aromatic carbocycles. The van der Waals surface area contributed by atoms with E-state index in [0.29, 0.717) is 23.8 Å². The second-order valence-electron chi connectivity index (χ2n) is 7.14. The van der Waals surface area contributed by atoms with Crippen LogP contribution in [0.1, 0.15) is 29.7 Å².